The Bertz CT molecular complexity index is 562. The molecule has 0 aromatic carbocycles. The second-order valence-corrected chi connectivity index (χ2v) is 7.84. The number of carbonyl (C=O) groups is 2. The van der Waals surface area contributed by atoms with Crippen molar-refractivity contribution in [1.29, 1.82) is 0 Å². The van der Waals surface area contributed by atoms with Gasteiger partial charge in [-0.3, -0.25) is 14.6 Å². The van der Waals surface area contributed by atoms with Crippen LogP contribution >= 0.6 is 31.9 Å². The molecule has 1 aromatic rings. The molecule has 1 saturated heterocycles. The maximum Gasteiger partial charge on any atom is 0.238 e. The molecule has 3 fully saturated rings. The normalized spacial score (nSPS) is 42.4. The van der Waals surface area contributed by atoms with Gasteiger partial charge in [0.05, 0.1) is 23.7 Å². The number of nitrogens with zero attached hydrogens (tertiary/aromatic N) is 2. The third kappa shape index (κ3) is 1.49. The summed E-state index contributed by atoms with van der Waals surface area (Å²) in [5.74, 6) is 0.0884. The Morgan fingerprint density at radius 2 is 1.70 bits per heavy atom. The van der Waals surface area contributed by atoms with Gasteiger partial charge in [-0.05, 0) is 30.4 Å². The lowest BCUT2D eigenvalue weighted by Crippen LogP contribution is -2.37. The molecule has 1 aliphatic heterocycles. The van der Waals surface area contributed by atoms with Crippen LogP contribution in [0.5, 0.6) is 0 Å². The van der Waals surface area contributed by atoms with Gasteiger partial charge in [0.1, 0.15) is 0 Å². The number of fused-ring (bicyclic) bond motifs is 5. The van der Waals surface area contributed by atoms with Crippen LogP contribution in [0.4, 0.5) is 5.69 Å². The SMILES string of the molecule is O=C1[C@@H]2[C@@H]3C[C@@H]([C@H](Br)[C@H]3Br)[C@@H]2C(=O)N1c1cccnc1. The number of anilines is 1. The summed E-state index contributed by atoms with van der Waals surface area (Å²) < 4.78 is 0. The predicted molar refractivity (Wildman–Crippen MR) is 80.7 cm³/mol. The van der Waals surface area contributed by atoms with E-state index >= 15 is 0 Å². The molecular formula is C14H12Br2N2O2. The zero-order valence-corrected chi connectivity index (χ0v) is 13.6. The second kappa shape index (κ2) is 4.37. The Labute approximate surface area is 133 Å². The summed E-state index contributed by atoms with van der Waals surface area (Å²) in [6.45, 7) is 0. The number of hydrogen-bond donors (Lipinski definition) is 0. The Kier molecular flexibility index (Phi) is 2.83. The highest BCUT2D eigenvalue weighted by atomic mass is 79.9. The Morgan fingerprint density at radius 1 is 1.10 bits per heavy atom. The molecule has 0 spiro atoms. The van der Waals surface area contributed by atoms with Gasteiger partial charge in [0.15, 0.2) is 0 Å². The van der Waals surface area contributed by atoms with Gasteiger partial charge >= 0.3 is 0 Å². The van der Waals surface area contributed by atoms with Crippen molar-refractivity contribution in [1.82, 2.24) is 4.98 Å². The first kappa shape index (κ1) is 13.0. The van der Waals surface area contributed by atoms with Crippen LogP contribution < -0.4 is 4.90 Å². The third-order valence-electron chi connectivity index (χ3n) is 4.89. The Hall–Kier alpha value is -0.750. The van der Waals surface area contributed by atoms with E-state index in [-0.39, 0.29) is 45.1 Å². The summed E-state index contributed by atoms with van der Waals surface area (Å²) in [6.07, 6.45) is 4.18. The van der Waals surface area contributed by atoms with Crippen molar-refractivity contribution >= 4 is 49.4 Å². The van der Waals surface area contributed by atoms with Crippen molar-refractivity contribution in [3.8, 4) is 0 Å². The average molecular weight is 400 g/mol. The van der Waals surface area contributed by atoms with Crippen molar-refractivity contribution < 1.29 is 9.59 Å². The van der Waals surface area contributed by atoms with Gasteiger partial charge in [-0.15, -0.1) is 0 Å². The smallest absolute Gasteiger partial charge is 0.238 e. The summed E-state index contributed by atoms with van der Waals surface area (Å²) in [6, 6.07) is 3.52. The monoisotopic (exact) mass is 398 g/mol. The van der Waals surface area contributed by atoms with Gasteiger partial charge < -0.3 is 0 Å². The summed E-state index contributed by atoms with van der Waals surface area (Å²) in [5.41, 5.74) is 0.591. The van der Waals surface area contributed by atoms with E-state index in [2.05, 4.69) is 36.8 Å². The van der Waals surface area contributed by atoms with Crippen molar-refractivity contribution in [2.24, 2.45) is 23.7 Å². The van der Waals surface area contributed by atoms with E-state index < -0.39 is 0 Å². The minimum Gasteiger partial charge on any atom is -0.274 e. The molecular weight excluding hydrogens is 388 g/mol. The lowest BCUT2D eigenvalue weighted by atomic mass is 9.81. The molecule has 2 bridgehead atoms. The number of pyridine rings is 1. The number of carbonyl (C=O) groups excluding carboxylic acids is 2. The number of halogens is 2. The molecule has 20 heavy (non-hydrogen) atoms. The van der Waals surface area contributed by atoms with Gasteiger partial charge in [0.25, 0.3) is 0 Å². The first-order chi connectivity index (χ1) is 9.61. The summed E-state index contributed by atoms with van der Waals surface area (Å²) in [4.78, 5) is 31.3. The van der Waals surface area contributed by atoms with Crippen molar-refractivity contribution in [2.75, 3.05) is 4.90 Å². The molecule has 6 heteroatoms. The Balaban J connectivity index is 1.75. The lowest BCUT2D eigenvalue weighted by molar-refractivity contribution is -0.123. The zero-order chi connectivity index (χ0) is 14.0. The zero-order valence-electron chi connectivity index (χ0n) is 10.4. The van der Waals surface area contributed by atoms with E-state index in [1.54, 1.807) is 24.5 Å². The van der Waals surface area contributed by atoms with Crippen LogP contribution in [-0.2, 0) is 9.59 Å². The highest BCUT2D eigenvalue weighted by Crippen LogP contribution is 2.60. The quantitative estimate of drug-likeness (QED) is 0.538. The summed E-state index contributed by atoms with van der Waals surface area (Å²) >= 11 is 7.36. The van der Waals surface area contributed by atoms with Crippen LogP contribution in [0, 0.1) is 23.7 Å². The third-order valence-corrected chi connectivity index (χ3v) is 8.10. The van der Waals surface area contributed by atoms with Crippen LogP contribution in [0.3, 0.4) is 0 Å². The molecule has 2 saturated carbocycles. The lowest BCUT2D eigenvalue weighted by Gasteiger charge is -2.28. The van der Waals surface area contributed by atoms with Crippen molar-refractivity contribution in [3.05, 3.63) is 24.5 Å². The molecule has 2 amide bonds. The number of rotatable bonds is 1. The van der Waals surface area contributed by atoms with E-state index in [1.165, 1.54) is 4.90 Å². The molecule has 6 atom stereocenters. The van der Waals surface area contributed by atoms with E-state index in [0.717, 1.165) is 6.42 Å². The molecule has 1 aromatic heterocycles. The number of imide groups is 1. The molecule has 0 unspecified atom stereocenters. The van der Waals surface area contributed by atoms with Gasteiger partial charge in [0, 0.05) is 15.9 Å². The number of hydrogen-bond acceptors (Lipinski definition) is 3. The first-order valence-electron chi connectivity index (χ1n) is 6.67. The van der Waals surface area contributed by atoms with E-state index in [9.17, 15) is 9.59 Å². The molecule has 104 valence electrons. The summed E-state index contributed by atoms with van der Waals surface area (Å²) in [5, 5.41) is 0. The van der Waals surface area contributed by atoms with Crippen LogP contribution in [0.2, 0.25) is 0 Å². The van der Waals surface area contributed by atoms with Gasteiger partial charge in [-0.1, -0.05) is 31.9 Å². The first-order valence-corrected chi connectivity index (χ1v) is 8.50. The molecule has 0 radical (unpaired) electrons. The number of aromatic nitrogens is 1. The minimum absolute atomic E-state index is 0.0515. The van der Waals surface area contributed by atoms with Gasteiger partial charge in [0.2, 0.25) is 11.8 Å². The fourth-order valence-electron chi connectivity index (χ4n) is 4.09. The fraction of sp³-hybridized carbons (Fsp3) is 0.500. The van der Waals surface area contributed by atoms with Crippen LogP contribution in [0.1, 0.15) is 6.42 Å². The molecule has 3 aliphatic rings. The van der Waals surface area contributed by atoms with E-state index in [1.807, 2.05) is 0 Å². The molecule has 4 nitrogen and oxygen atoms in total. The largest absolute Gasteiger partial charge is 0.274 e. The number of amides is 2. The van der Waals surface area contributed by atoms with E-state index in [4.69, 9.17) is 0 Å². The molecule has 2 heterocycles. The van der Waals surface area contributed by atoms with Crippen LogP contribution in [-0.4, -0.2) is 26.5 Å². The van der Waals surface area contributed by atoms with Crippen molar-refractivity contribution in [2.45, 2.75) is 16.1 Å². The van der Waals surface area contributed by atoms with Gasteiger partial charge in [-0.25, -0.2) is 4.90 Å². The van der Waals surface area contributed by atoms with E-state index in [0.29, 0.717) is 5.69 Å². The minimum atomic E-state index is -0.161. The molecule has 0 N–H and O–H groups in total. The highest BCUT2D eigenvalue weighted by molar-refractivity contribution is 9.12. The maximum absolute atomic E-state index is 12.7. The maximum atomic E-state index is 12.7. The standard InChI is InChI=1S/C14H12Br2N2O2/c15-11-7-4-8(12(11)16)10-9(7)13(19)18(14(10)20)6-2-1-3-17-5-6/h1-3,5,7-12H,4H2/t7-,8+,9+,10-,11-,12-/m0/s1. The topological polar surface area (TPSA) is 50.3 Å². The summed E-state index contributed by atoms with van der Waals surface area (Å²) in [7, 11) is 0. The van der Waals surface area contributed by atoms with Crippen LogP contribution in [0.15, 0.2) is 24.5 Å². The van der Waals surface area contributed by atoms with Gasteiger partial charge in [-0.2, -0.15) is 0 Å². The highest BCUT2D eigenvalue weighted by Gasteiger charge is 2.66. The van der Waals surface area contributed by atoms with Crippen molar-refractivity contribution in [3.63, 3.8) is 0 Å². The second-order valence-electron chi connectivity index (χ2n) is 5.73. The fourth-order valence-corrected chi connectivity index (χ4v) is 5.96. The predicted octanol–water partition coefficient (Wildman–Crippen LogP) is 2.36. The van der Waals surface area contributed by atoms with Crippen LogP contribution in [0.25, 0.3) is 0 Å². The Morgan fingerprint density at radius 3 is 2.20 bits per heavy atom. The number of alkyl halides is 2. The average Bonchev–Trinajstić information content (AvgIpc) is 3.05. The molecule has 2 aliphatic carbocycles. The molecule has 4 rings (SSSR count).